The molecule has 0 bridgehead atoms. The van der Waals surface area contributed by atoms with Crippen LogP contribution in [0.25, 0.3) is 5.65 Å². The van der Waals surface area contributed by atoms with Gasteiger partial charge in [0.2, 0.25) is 5.91 Å². The molecule has 0 saturated carbocycles. The number of hydrogen-bond donors (Lipinski definition) is 1. The Bertz CT molecular complexity index is 894. The number of carbonyl (C=O) groups excluding carboxylic acids is 1. The van der Waals surface area contributed by atoms with Crippen LogP contribution < -0.4 is 10.1 Å². The lowest BCUT2D eigenvalue weighted by Crippen LogP contribution is -2.24. The van der Waals surface area contributed by atoms with E-state index in [0.29, 0.717) is 31.8 Å². The predicted molar refractivity (Wildman–Crippen MR) is 105 cm³/mol. The number of amides is 1. The highest BCUT2D eigenvalue weighted by atomic mass is 16.5. The van der Waals surface area contributed by atoms with Crippen LogP contribution in [0.2, 0.25) is 0 Å². The smallest absolute Gasteiger partial charge is 0.220 e. The molecule has 0 aliphatic rings. The number of pyridine rings is 1. The Kier molecular flexibility index (Phi) is 5.74. The van der Waals surface area contributed by atoms with E-state index in [1.807, 2.05) is 40.9 Å². The number of benzene rings is 1. The fourth-order valence-corrected chi connectivity index (χ4v) is 2.75. The normalized spacial score (nSPS) is 11.5. The molecular formula is C21H26N4O2. The lowest BCUT2D eigenvalue weighted by atomic mass is 9.87. The van der Waals surface area contributed by atoms with E-state index in [9.17, 15) is 4.79 Å². The number of aromatic nitrogens is 3. The Morgan fingerprint density at radius 1 is 1.11 bits per heavy atom. The lowest BCUT2D eigenvalue weighted by Gasteiger charge is -2.19. The van der Waals surface area contributed by atoms with Crippen LogP contribution in [0.3, 0.4) is 0 Å². The molecular weight excluding hydrogens is 340 g/mol. The molecule has 0 radical (unpaired) electrons. The van der Waals surface area contributed by atoms with Gasteiger partial charge < -0.3 is 10.1 Å². The van der Waals surface area contributed by atoms with Gasteiger partial charge in [-0.15, -0.1) is 10.2 Å². The second-order valence-electron chi connectivity index (χ2n) is 7.55. The second-order valence-corrected chi connectivity index (χ2v) is 7.55. The molecule has 0 unspecified atom stereocenters. The molecule has 0 aliphatic heterocycles. The molecule has 0 spiro atoms. The molecule has 1 N–H and O–H groups in total. The highest BCUT2D eigenvalue weighted by Gasteiger charge is 2.13. The summed E-state index contributed by atoms with van der Waals surface area (Å²) in [6.45, 7) is 7.42. The van der Waals surface area contributed by atoms with Gasteiger partial charge in [0.1, 0.15) is 5.75 Å². The molecule has 0 saturated heterocycles. The molecule has 1 aromatic carbocycles. The van der Waals surface area contributed by atoms with Crippen molar-refractivity contribution in [1.82, 2.24) is 19.9 Å². The minimum atomic E-state index is -0.0191. The van der Waals surface area contributed by atoms with Crippen LogP contribution in [0.4, 0.5) is 0 Å². The molecule has 0 aliphatic carbocycles. The summed E-state index contributed by atoms with van der Waals surface area (Å²) in [7, 11) is 0. The minimum Gasteiger partial charge on any atom is -0.494 e. The van der Waals surface area contributed by atoms with E-state index in [-0.39, 0.29) is 11.3 Å². The second kappa shape index (κ2) is 8.20. The van der Waals surface area contributed by atoms with Gasteiger partial charge in [-0.2, -0.15) is 0 Å². The average Bonchev–Trinajstić information content (AvgIpc) is 3.06. The topological polar surface area (TPSA) is 68.5 Å². The molecule has 3 rings (SSSR count). The van der Waals surface area contributed by atoms with E-state index in [1.165, 1.54) is 5.56 Å². The maximum absolute atomic E-state index is 12.0. The van der Waals surface area contributed by atoms with Crippen LogP contribution in [-0.4, -0.2) is 27.1 Å². The Labute approximate surface area is 159 Å². The third-order valence-electron chi connectivity index (χ3n) is 4.37. The summed E-state index contributed by atoms with van der Waals surface area (Å²) in [5.74, 6) is 1.53. The van der Waals surface area contributed by atoms with Gasteiger partial charge in [-0.25, -0.2) is 0 Å². The molecule has 0 fully saturated rings. The maximum Gasteiger partial charge on any atom is 0.220 e. The monoisotopic (exact) mass is 366 g/mol. The summed E-state index contributed by atoms with van der Waals surface area (Å²) in [5, 5.41) is 11.1. The molecule has 1 amide bonds. The number of hydrogen-bond acceptors (Lipinski definition) is 4. The first-order valence-electron chi connectivity index (χ1n) is 9.22. The summed E-state index contributed by atoms with van der Waals surface area (Å²) in [6, 6.07) is 13.8. The Hall–Kier alpha value is -2.89. The average molecular weight is 366 g/mol. The standard InChI is InChI=1S/C21H26N4O2/c1-21(2,3)16-9-11-17(12-10-16)27-14-6-8-20(26)22-15-19-24-23-18-7-4-5-13-25(18)19/h4-5,7,9-13H,6,8,14-15H2,1-3H3,(H,22,26). The summed E-state index contributed by atoms with van der Waals surface area (Å²) < 4.78 is 7.59. The first kappa shape index (κ1) is 18.9. The predicted octanol–water partition coefficient (Wildman–Crippen LogP) is 3.50. The summed E-state index contributed by atoms with van der Waals surface area (Å²) >= 11 is 0. The largest absolute Gasteiger partial charge is 0.494 e. The SMILES string of the molecule is CC(C)(C)c1ccc(OCCCC(=O)NCc2nnc3ccccn23)cc1. The number of nitrogens with zero attached hydrogens (tertiary/aromatic N) is 3. The number of rotatable bonds is 7. The molecule has 0 atom stereocenters. The van der Waals surface area contributed by atoms with E-state index in [4.69, 9.17) is 4.74 Å². The summed E-state index contributed by atoms with van der Waals surface area (Å²) in [4.78, 5) is 12.0. The summed E-state index contributed by atoms with van der Waals surface area (Å²) in [6.07, 6.45) is 2.96. The molecule has 6 nitrogen and oxygen atoms in total. The van der Waals surface area contributed by atoms with Crippen molar-refractivity contribution >= 4 is 11.6 Å². The van der Waals surface area contributed by atoms with Gasteiger partial charge in [-0.3, -0.25) is 9.20 Å². The molecule has 3 aromatic rings. The van der Waals surface area contributed by atoms with E-state index < -0.39 is 0 Å². The molecule has 6 heteroatoms. The first-order valence-corrected chi connectivity index (χ1v) is 9.22. The van der Waals surface area contributed by atoms with Crippen molar-refractivity contribution in [3.63, 3.8) is 0 Å². The van der Waals surface area contributed by atoms with Crippen molar-refractivity contribution < 1.29 is 9.53 Å². The zero-order valence-electron chi connectivity index (χ0n) is 16.1. The molecule has 2 aromatic heterocycles. The number of ether oxygens (including phenoxy) is 1. The van der Waals surface area contributed by atoms with Crippen LogP contribution in [0.1, 0.15) is 45.0 Å². The Morgan fingerprint density at radius 3 is 2.63 bits per heavy atom. The van der Waals surface area contributed by atoms with Crippen molar-refractivity contribution in [3.8, 4) is 5.75 Å². The zero-order valence-corrected chi connectivity index (χ0v) is 16.1. The fourth-order valence-electron chi connectivity index (χ4n) is 2.75. The van der Waals surface area contributed by atoms with Crippen molar-refractivity contribution in [2.75, 3.05) is 6.61 Å². The van der Waals surface area contributed by atoms with Gasteiger partial charge in [0.05, 0.1) is 13.2 Å². The van der Waals surface area contributed by atoms with Crippen LogP contribution in [0.5, 0.6) is 5.75 Å². The lowest BCUT2D eigenvalue weighted by molar-refractivity contribution is -0.121. The molecule has 27 heavy (non-hydrogen) atoms. The first-order chi connectivity index (χ1) is 12.9. The van der Waals surface area contributed by atoms with Gasteiger partial charge >= 0.3 is 0 Å². The summed E-state index contributed by atoms with van der Waals surface area (Å²) in [5.41, 5.74) is 2.18. The Balaban J connectivity index is 1.38. The minimum absolute atomic E-state index is 0.0191. The fraction of sp³-hybridized carbons (Fsp3) is 0.381. The van der Waals surface area contributed by atoms with E-state index >= 15 is 0 Å². The Morgan fingerprint density at radius 2 is 1.89 bits per heavy atom. The highest BCUT2D eigenvalue weighted by molar-refractivity contribution is 5.75. The maximum atomic E-state index is 12.0. The van der Waals surface area contributed by atoms with Crippen molar-refractivity contribution in [2.45, 2.75) is 45.6 Å². The van der Waals surface area contributed by atoms with E-state index in [2.05, 4.69) is 48.4 Å². The van der Waals surface area contributed by atoms with Crippen LogP contribution in [0.15, 0.2) is 48.7 Å². The van der Waals surface area contributed by atoms with E-state index in [1.54, 1.807) is 0 Å². The van der Waals surface area contributed by atoms with Gasteiger partial charge in [0, 0.05) is 12.6 Å². The van der Waals surface area contributed by atoms with Gasteiger partial charge in [-0.1, -0.05) is 39.0 Å². The molecule has 2 heterocycles. The third kappa shape index (κ3) is 5.06. The van der Waals surface area contributed by atoms with Crippen LogP contribution >= 0.6 is 0 Å². The number of carbonyl (C=O) groups is 1. The zero-order chi connectivity index (χ0) is 19.3. The number of nitrogens with one attached hydrogen (secondary N) is 1. The van der Waals surface area contributed by atoms with Crippen molar-refractivity contribution in [2.24, 2.45) is 0 Å². The van der Waals surface area contributed by atoms with Crippen LogP contribution in [-0.2, 0) is 16.8 Å². The van der Waals surface area contributed by atoms with Crippen molar-refractivity contribution in [1.29, 1.82) is 0 Å². The van der Waals surface area contributed by atoms with E-state index in [0.717, 1.165) is 11.4 Å². The van der Waals surface area contributed by atoms with Crippen LogP contribution in [0, 0.1) is 0 Å². The van der Waals surface area contributed by atoms with Gasteiger partial charge in [0.15, 0.2) is 11.5 Å². The van der Waals surface area contributed by atoms with Gasteiger partial charge in [0.25, 0.3) is 0 Å². The van der Waals surface area contributed by atoms with Crippen molar-refractivity contribution in [3.05, 3.63) is 60.0 Å². The molecule has 142 valence electrons. The number of fused-ring (bicyclic) bond motifs is 1. The van der Waals surface area contributed by atoms with Gasteiger partial charge in [-0.05, 0) is 41.7 Å². The third-order valence-corrected chi connectivity index (χ3v) is 4.37. The quantitative estimate of drug-likeness (QED) is 0.650. The highest BCUT2D eigenvalue weighted by Crippen LogP contribution is 2.24.